The quantitative estimate of drug-likeness (QED) is 0.590. The Labute approximate surface area is 75.7 Å². The summed E-state index contributed by atoms with van der Waals surface area (Å²) in [6.45, 7) is 0. The maximum Gasteiger partial charge on any atom is 0.00416 e. The summed E-state index contributed by atoms with van der Waals surface area (Å²) in [5.74, 6) is 2.04. The molecule has 0 saturated heterocycles. The molecule has 0 bridgehead atoms. The van der Waals surface area contributed by atoms with Crippen LogP contribution in [0.4, 0.5) is 0 Å². The van der Waals surface area contributed by atoms with Crippen molar-refractivity contribution in [2.24, 2.45) is 17.6 Å². The predicted molar refractivity (Wildman–Crippen MR) is 51.9 cm³/mol. The van der Waals surface area contributed by atoms with Crippen molar-refractivity contribution in [3.05, 3.63) is 0 Å². The van der Waals surface area contributed by atoms with Gasteiger partial charge in [-0.1, -0.05) is 32.1 Å². The lowest BCUT2D eigenvalue weighted by molar-refractivity contribution is 0.204. The third-order valence-electron chi connectivity index (χ3n) is 3.83. The summed E-state index contributed by atoms with van der Waals surface area (Å²) in [5, 5.41) is 0. The highest BCUT2D eigenvalue weighted by Gasteiger charge is 2.29. The Balaban J connectivity index is 1.94. The molecular weight excluding hydrogens is 146 g/mol. The molecule has 0 amide bonds. The Kier molecular flexibility index (Phi) is 2.69. The first-order chi connectivity index (χ1) is 5.86. The molecule has 0 heterocycles. The highest BCUT2D eigenvalue weighted by Crippen LogP contribution is 2.38. The van der Waals surface area contributed by atoms with E-state index in [1.165, 1.54) is 51.4 Å². The average Bonchev–Trinajstić information content (AvgIpc) is 2.28. The fourth-order valence-electron chi connectivity index (χ4n) is 3.09. The first-order valence-electron chi connectivity index (χ1n) is 5.62. The first-order valence-corrected chi connectivity index (χ1v) is 5.62. The van der Waals surface area contributed by atoms with E-state index < -0.39 is 0 Å². The van der Waals surface area contributed by atoms with Crippen molar-refractivity contribution in [1.82, 2.24) is 0 Å². The minimum atomic E-state index is 0.532. The zero-order valence-electron chi connectivity index (χ0n) is 7.97. The van der Waals surface area contributed by atoms with Crippen LogP contribution in [0.1, 0.15) is 51.4 Å². The standard InChI is InChI=1S/C11H21N/c12-11-7-6-9-4-2-1-3-5-10(9)8-11/h9-11H,1-8,12H2/t9-,10+,11+/m0/s1. The Bertz CT molecular complexity index is 144. The molecule has 0 spiro atoms. The summed E-state index contributed by atoms with van der Waals surface area (Å²) in [6.07, 6.45) is 11.4. The average molecular weight is 167 g/mol. The van der Waals surface area contributed by atoms with Crippen LogP contribution in [0.15, 0.2) is 0 Å². The molecule has 2 N–H and O–H groups in total. The van der Waals surface area contributed by atoms with Crippen LogP contribution in [0.3, 0.4) is 0 Å². The van der Waals surface area contributed by atoms with E-state index in [-0.39, 0.29) is 0 Å². The van der Waals surface area contributed by atoms with E-state index in [0.29, 0.717) is 6.04 Å². The van der Waals surface area contributed by atoms with Crippen LogP contribution >= 0.6 is 0 Å². The molecule has 2 saturated carbocycles. The first kappa shape index (κ1) is 8.55. The van der Waals surface area contributed by atoms with Crippen molar-refractivity contribution < 1.29 is 0 Å². The topological polar surface area (TPSA) is 26.0 Å². The van der Waals surface area contributed by atoms with Crippen LogP contribution in [0.5, 0.6) is 0 Å². The minimum absolute atomic E-state index is 0.532. The maximum absolute atomic E-state index is 5.99. The van der Waals surface area contributed by atoms with Gasteiger partial charge in [0.2, 0.25) is 0 Å². The number of nitrogens with two attached hydrogens (primary N) is 1. The largest absolute Gasteiger partial charge is 0.328 e. The number of fused-ring (bicyclic) bond motifs is 1. The van der Waals surface area contributed by atoms with Gasteiger partial charge in [-0.05, 0) is 31.1 Å². The zero-order valence-corrected chi connectivity index (χ0v) is 7.97. The van der Waals surface area contributed by atoms with Gasteiger partial charge in [-0.25, -0.2) is 0 Å². The third-order valence-corrected chi connectivity index (χ3v) is 3.83. The molecule has 2 aliphatic rings. The van der Waals surface area contributed by atoms with E-state index in [4.69, 9.17) is 5.73 Å². The SMILES string of the molecule is N[C@@H]1CC[C@@H]2CCCCC[C@@H]2C1. The van der Waals surface area contributed by atoms with Crippen LogP contribution in [-0.2, 0) is 0 Å². The highest BCUT2D eigenvalue weighted by molar-refractivity contribution is 4.83. The lowest BCUT2D eigenvalue weighted by atomic mass is 9.75. The minimum Gasteiger partial charge on any atom is -0.328 e. The van der Waals surface area contributed by atoms with Crippen LogP contribution in [0.25, 0.3) is 0 Å². The summed E-state index contributed by atoms with van der Waals surface area (Å²) in [4.78, 5) is 0. The van der Waals surface area contributed by atoms with Crippen LogP contribution in [0, 0.1) is 11.8 Å². The molecule has 2 rings (SSSR count). The molecule has 12 heavy (non-hydrogen) atoms. The van der Waals surface area contributed by atoms with E-state index >= 15 is 0 Å². The molecule has 2 fully saturated rings. The number of rotatable bonds is 0. The van der Waals surface area contributed by atoms with Gasteiger partial charge in [0.15, 0.2) is 0 Å². The smallest absolute Gasteiger partial charge is 0.00416 e. The van der Waals surface area contributed by atoms with Crippen LogP contribution < -0.4 is 5.73 Å². The number of hydrogen-bond acceptors (Lipinski definition) is 1. The van der Waals surface area contributed by atoms with Gasteiger partial charge in [0.05, 0.1) is 0 Å². The summed E-state index contributed by atoms with van der Waals surface area (Å²) < 4.78 is 0. The Morgan fingerprint density at radius 1 is 0.750 bits per heavy atom. The van der Waals surface area contributed by atoms with Crippen molar-refractivity contribution in [3.63, 3.8) is 0 Å². The van der Waals surface area contributed by atoms with Crippen molar-refractivity contribution >= 4 is 0 Å². The van der Waals surface area contributed by atoms with Crippen LogP contribution in [-0.4, -0.2) is 6.04 Å². The number of hydrogen-bond donors (Lipinski definition) is 1. The van der Waals surface area contributed by atoms with Gasteiger partial charge < -0.3 is 5.73 Å². The van der Waals surface area contributed by atoms with Crippen molar-refractivity contribution in [2.75, 3.05) is 0 Å². The van der Waals surface area contributed by atoms with Gasteiger partial charge >= 0.3 is 0 Å². The van der Waals surface area contributed by atoms with Gasteiger partial charge in [-0.2, -0.15) is 0 Å². The van der Waals surface area contributed by atoms with Gasteiger partial charge in [0.25, 0.3) is 0 Å². The Hall–Kier alpha value is -0.0400. The molecule has 0 unspecified atom stereocenters. The Morgan fingerprint density at radius 3 is 2.33 bits per heavy atom. The van der Waals surface area contributed by atoms with E-state index in [1.807, 2.05) is 0 Å². The fourth-order valence-corrected chi connectivity index (χ4v) is 3.09. The lowest BCUT2D eigenvalue weighted by Gasteiger charge is -2.33. The molecule has 3 atom stereocenters. The van der Waals surface area contributed by atoms with E-state index in [0.717, 1.165) is 11.8 Å². The normalized spacial score (nSPS) is 43.2. The van der Waals surface area contributed by atoms with E-state index in [9.17, 15) is 0 Å². The summed E-state index contributed by atoms with van der Waals surface area (Å²) >= 11 is 0. The zero-order chi connectivity index (χ0) is 8.39. The predicted octanol–water partition coefficient (Wildman–Crippen LogP) is 2.69. The summed E-state index contributed by atoms with van der Waals surface area (Å²) in [5.41, 5.74) is 5.99. The fraction of sp³-hybridized carbons (Fsp3) is 1.00. The van der Waals surface area contributed by atoms with Crippen molar-refractivity contribution in [2.45, 2.75) is 57.4 Å². The second-order valence-corrected chi connectivity index (χ2v) is 4.73. The molecule has 70 valence electrons. The molecule has 0 aromatic carbocycles. The van der Waals surface area contributed by atoms with Gasteiger partial charge in [-0.15, -0.1) is 0 Å². The molecule has 0 aromatic heterocycles. The molecule has 0 radical (unpaired) electrons. The summed E-state index contributed by atoms with van der Waals surface area (Å²) in [7, 11) is 0. The van der Waals surface area contributed by atoms with Gasteiger partial charge in [0, 0.05) is 6.04 Å². The monoisotopic (exact) mass is 167 g/mol. The second-order valence-electron chi connectivity index (χ2n) is 4.73. The van der Waals surface area contributed by atoms with Crippen LogP contribution in [0.2, 0.25) is 0 Å². The van der Waals surface area contributed by atoms with E-state index in [1.54, 1.807) is 0 Å². The summed E-state index contributed by atoms with van der Waals surface area (Å²) in [6, 6.07) is 0.532. The lowest BCUT2D eigenvalue weighted by Crippen LogP contribution is -2.32. The van der Waals surface area contributed by atoms with E-state index in [2.05, 4.69) is 0 Å². The molecule has 1 nitrogen and oxygen atoms in total. The second kappa shape index (κ2) is 3.78. The van der Waals surface area contributed by atoms with Crippen molar-refractivity contribution in [1.29, 1.82) is 0 Å². The highest BCUT2D eigenvalue weighted by atomic mass is 14.6. The molecule has 1 heteroatoms. The maximum atomic E-state index is 5.99. The Morgan fingerprint density at radius 2 is 1.50 bits per heavy atom. The molecular formula is C11H21N. The molecule has 2 aliphatic carbocycles. The van der Waals surface area contributed by atoms with Gasteiger partial charge in [-0.3, -0.25) is 0 Å². The van der Waals surface area contributed by atoms with Gasteiger partial charge in [0.1, 0.15) is 0 Å². The molecule has 0 aromatic rings. The third kappa shape index (κ3) is 1.82. The van der Waals surface area contributed by atoms with Crippen molar-refractivity contribution in [3.8, 4) is 0 Å². The molecule has 0 aliphatic heterocycles.